The molecule has 5 nitrogen and oxygen atoms in total. The third-order valence-electron chi connectivity index (χ3n) is 6.37. The second-order valence-electron chi connectivity index (χ2n) is 8.52. The Hall–Kier alpha value is -2.83. The number of nitrogens with one attached hydrogen (secondary N) is 1. The summed E-state index contributed by atoms with van der Waals surface area (Å²) in [5.41, 5.74) is 3.36. The van der Waals surface area contributed by atoms with Crippen LogP contribution in [0.5, 0.6) is 0 Å². The molecule has 6 rings (SSSR count). The molecule has 6 heteroatoms. The highest BCUT2D eigenvalue weighted by molar-refractivity contribution is 7.17. The van der Waals surface area contributed by atoms with Crippen LogP contribution in [-0.2, 0) is 0 Å². The molecule has 0 spiro atoms. The molecule has 1 aliphatic carbocycles. The van der Waals surface area contributed by atoms with Crippen LogP contribution in [0.3, 0.4) is 0 Å². The van der Waals surface area contributed by atoms with E-state index in [-0.39, 0.29) is 0 Å². The Balaban J connectivity index is 1.39. The molecule has 1 saturated heterocycles. The molecule has 1 aromatic carbocycles. The van der Waals surface area contributed by atoms with E-state index < -0.39 is 0 Å². The Labute approximate surface area is 186 Å². The first-order valence-corrected chi connectivity index (χ1v) is 12.0. The Morgan fingerprint density at radius 1 is 0.903 bits per heavy atom. The van der Waals surface area contributed by atoms with Crippen LogP contribution in [0.1, 0.15) is 25.7 Å². The predicted octanol–water partition coefficient (Wildman–Crippen LogP) is 5.46. The van der Waals surface area contributed by atoms with Crippen molar-refractivity contribution in [3.63, 3.8) is 0 Å². The second-order valence-corrected chi connectivity index (χ2v) is 9.38. The van der Waals surface area contributed by atoms with E-state index in [4.69, 9.17) is 9.97 Å². The number of aromatic nitrogens is 3. The van der Waals surface area contributed by atoms with Crippen LogP contribution in [0.25, 0.3) is 32.7 Å². The Morgan fingerprint density at radius 3 is 2.45 bits per heavy atom. The summed E-state index contributed by atoms with van der Waals surface area (Å²) in [5.74, 6) is 1.69. The largest absolute Gasteiger partial charge is 0.367 e. The summed E-state index contributed by atoms with van der Waals surface area (Å²) < 4.78 is 0. The summed E-state index contributed by atoms with van der Waals surface area (Å²) >= 11 is 1.69. The average Bonchev–Trinajstić information content (AvgIpc) is 3.59. The molecule has 1 saturated carbocycles. The highest BCUT2D eigenvalue weighted by atomic mass is 32.1. The van der Waals surface area contributed by atoms with E-state index in [1.54, 1.807) is 17.5 Å². The van der Waals surface area contributed by atoms with Gasteiger partial charge in [-0.05, 0) is 43.4 Å². The standard InChI is InChI=1S/C25H25N5S/c1-2-5-17(6-3-1)21-16-31-25-22(21)24(28-23(29-25)18-7-4-12-26-15-18)27-19-10-13-30(14-11-19)20-8-9-20/h1-7,12,15-16,19-20H,8-11,13-14H2,(H,27,28,29). The van der Waals surface area contributed by atoms with Crippen molar-refractivity contribution in [2.24, 2.45) is 0 Å². The number of thiophene rings is 1. The van der Waals surface area contributed by atoms with Gasteiger partial charge >= 0.3 is 0 Å². The molecule has 1 N–H and O–H groups in total. The fraction of sp³-hybridized carbons (Fsp3) is 0.320. The van der Waals surface area contributed by atoms with Gasteiger partial charge in [-0.1, -0.05) is 30.3 Å². The van der Waals surface area contributed by atoms with Crippen LogP contribution in [0.15, 0.2) is 60.2 Å². The zero-order valence-electron chi connectivity index (χ0n) is 17.4. The van der Waals surface area contributed by atoms with E-state index in [2.05, 4.69) is 50.9 Å². The van der Waals surface area contributed by atoms with Crippen LogP contribution in [-0.4, -0.2) is 45.0 Å². The molecule has 3 aromatic heterocycles. The molecule has 0 radical (unpaired) electrons. The second kappa shape index (κ2) is 8.02. The van der Waals surface area contributed by atoms with Crippen LogP contribution in [0.4, 0.5) is 5.82 Å². The van der Waals surface area contributed by atoms with Gasteiger partial charge in [0.25, 0.3) is 0 Å². The van der Waals surface area contributed by atoms with Crippen LogP contribution < -0.4 is 5.32 Å². The van der Waals surface area contributed by atoms with Gasteiger partial charge in [0, 0.05) is 54.1 Å². The molecule has 156 valence electrons. The number of anilines is 1. The van der Waals surface area contributed by atoms with Crippen LogP contribution in [0.2, 0.25) is 0 Å². The third kappa shape index (κ3) is 3.82. The maximum absolute atomic E-state index is 5.02. The number of likely N-dealkylation sites (tertiary alicyclic amines) is 1. The lowest BCUT2D eigenvalue weighted by Crippen LogP contribution is -2.40. The number of rotatable bonds is 5. The van der Waals surface area contributed by atoms with Crippen molar-refractivity contribution < 1.29 is 0 Å². The van der Waals surface area contributed by atoms with Crippen molar-refractivity contribution in [2.75, 3.05) is 18.4 Å². The van der Waals surface area contributed by atoms with Gasteiger partial charge in [0.1, 0.15) is 10.6 Å². The molecular weight excluding hydrogens is 402 g/mol. The predicted molar refractivity (Wildman–Crippen MR) is 127 cm³/mol. The Morgan fingerprint density at radius 2 is 1.71 bits per heavy atom. The summed E-state index contributed by atoms with van der Waals surface area (Å²) in [4.78, 5) is 17.9. The van der Waals surface area contributed by atoms with Crippen LogP contribution >= 0.6 is 11.3 Å². The SMILES string of the molecule is c1ccc(-c2csc3nc(-c4cccnc4)nc(NC4CCN(C5CC5)CC4)c23)cc1. The van der Waals surface area contributed by atoms with Crippen molar-refractivity contribution in [2.45, 2.75) is 37.8 Å². The molecule has 2 fully saturated rings. The molecular formula is C25H25N5S. The zero-order chi connectivity index (χ0) is 20.6. The van der Waals surface area contributed by atoms with Crippen molar-refractivity contribution in [1.29, 1.82) is 0 Å². The lowest BCUT2D eigenvalue weighted by Gasteiger charge is -2.32. The number of hydrogen-bond acceptors (Lipinski definition) is 6. The van der Waals surface area contributed by atoms with Gasteiger partial charge < -0.3 is 10.2 Å². The maximum atomic E-state index is 5.02. The lowest BCUT2D eigenvalue weighted by molar-refractivity contribution is 0.210. The minimum Gasteiger partial charge on any atom is -0.367 e. The van der Waals surface area contributed by atoms with Gasteiger partial charge in [0.15, 0.2) is 5.82 Å². The van der Waals surface area contributed by atoms with E-state index in [9.17, 15) is 0 Å². The quantitative estimate of drug-likeness (QED) is 0.458. The Bertz CT molecular complexity index is 1180. The van der Waals surface area contributed by atoms with Gasteiger partial charge in [0.2, 0.25) is 0 Å². The molecule has 0 bridgehead atoms. The summed E-state index contributed by atoms with van der Waals surface area (Å²) in [5, 5.41) is 7.16. The van der Waals surface area contributed by atoms with E-state index >= 15 is 0 Å². The number of piperidine rings is 1. The smallest absolute Gasteiger partial charge is 0.164 e. The van der Waals surface area contributed by atoms with Crippen molar-refractivity contribution >= 4 is 27.4 Å². The molecule has 31 heavy (non-hydrogen) atoms. The molecule has 0 unspecified atom stereocenters. The van der Waals surface area contributed by atoms with E-state index in [1.165, 1.54) is 37.1 Å². The van der Waals surface area contributed by atoms with Gasteiger partial charge in [-0.3, -0.25) is 4.98 Å². The summed E-state index contributed by atoms with van der Waals surface area (Å²) in [6.45, 7) is 2.36. The third-order valence-corrected chi connectivity index (χ3v) is 7.24. The monoisotopic (exact) mass is 427 g/mol. The van der Waals surface area contributed by atoms with Crippen LogP contribution in [0, 0.1) is 0 Å². The highest BCUT2D eigenvalue weighted by Crippen LogP contribution is 2.39. The first-order chi connectivity index (χ1) is 15.3. The van der Waals surface area contributed by atoms with Gasteiger partial charge in [-0.25, -0.2) is 9.97 Å². The van der Waals surface area contributed by atoms with E-state index in [0.29, 0.717) is 6.04 Å². The van der Waals surface area contributed by atoms with Gasteiger partial charge in [-0.15, -0.1) is 11.3 Å². The van der Waals surface area contributed by atoms with Crippen molar-refractivity contribution in [3.05, 3.63) is 60.2 Å². The van der Waals surface area contributed by atoms with E-state index in [0.717, 1.165) is 46.3 Å². The molecule has 4 heterocycles. The highest BCUT2D eigenvalue weighted by Gasteiger charge is 2.32. The molecule has 0 amide bonds. The minimum absolute atomic E-state index is 0.443. The fourth-order valence-corrected chi connectivity index (χ4v) is 5.49. The minimum atomic E-state index is 0.443. The first-order valence-electron chi connectivity index (χ1n) is 11.1. The number of benzene rings is 1. The number of hydrogen-bond donors (Lipinski definition) is 1. The normalized spacial score (nSPS) is 17.8. The average molecular weight is 428 g/mol. The molecule has 0 atom stereocenters. The zero-order valence-corrected chi connectivity index (χ0v) is 18.2. The van der Waals surface area contributed by atoms with Crippen molar-refractivity contribution in [1.82, 2.24) is 19.9 Å². The first kappa shape index (κ1) is 18.9. The Kier molecular flexibility index (Phi) is 4.89. The van der Waals surface area contributed by atoms with Gasteiger partial charge in [0.05, 0.1) is 5.39 Å². The number of nitrogens with zero attached hydrogens (tertiary/aromatic N) is 4. The molecule has 4 aromatic rings. The number of fused-ring (bicyclic) bond motifs is 1. The van der Waals surface area contributed by atoms with Gasteiger partial charge in [-0.2, -0.15) is 0 Å². The summed E-state index contributed by atoms with van der Waals surface area (Å²) in [7, 11) is 0. The summed E-state index contributed by atoms with van der Waals surface area (Å²) in [6.07, 6.45) is 8.71. The number of pyridine rings is 1. The summed E-state index contributed by atoms with van der Waals surface area (Å²) in [6, 6.07) is 15.8. The lowest BCUT2D eigenvalue weighted by atomic mass is 10.0. The maximum Gasteiger partial charge on any atom is 0.164 e. The van der Waals surface area contributed by atoms with Crippen molar-refractivity contribution in [3.8, 4) is 22.5 Å². The fourth-order valence-electron chi connectivity index (χ4n) is 4.54. The topological polar surface area (TPSA) is 53.9 Å². The molecule has 1 aliphatic heterocycles. The molecule has 2 aliphatic rings. The van der Waals surface area contributed by atoms with E-state index in [1.807, 2.05) is 18.3 Å².